The second-order valence-electron chi connectivity index (χ2n) is 6.17. The van der Waals surface area contributed by atoms with Crippen molar-refractivity contribution in [3.05, 3.63) is 59.2 Å². The number of carboxylic acid groups (broad SMARTS) is 1. The standard InChI is InChI=1S/C21H22O10/c1-12(2)18(24)28-7-9-30-20(26)14-5-6-15(16(11-14)17(22)23)21(27)31-10-8-29-19(25)13(3)4/h5-6,11H,1,3,7-10H2,2,4H3,(H,22,23). The highest BCUT2D eigenvalue weighted by Crippen LogP contribution is 2.15. The van der Waals surface area contributed by atoms with Gasteiger partial charge in [-0.05, 0) is 32.0 Å². The third-order valence-electron chi connectivity index (χ3n) is 3.50. The first kappa shape index (κ1) is 25.1. The molecular weight excluding hydrogens is 412 g/mol. The molecule has 0 unspecified atom stereocenters. The summed E-state index contributed by atoms with van der Waals surface area (Å²) in [6.45, 7) is 8.71. The zero-order chi connectivity index (χ0) is 23.6. The summed E-state index contributed by atoms with van der Waals surface area (Å²) in [5.41, 5.74) is -0.543. The first-order valence-electron chi connectivity index (χ1n) is 8.91. The summed E-state index contributed by atoms with van der Waals surface area (Å²) in [5, 5.41) is 9.35. The molecule has 0 saturated heterocycles. The maximum Gasteiger partial charge on any atom is 0.339 e. The summed E-state index contributed by atoms with van der Waals surface area (Å²) in [4.78, 5) is 58.2. The van der Waals surface area contributed by atoms with E-state index in [0.717, 1.165) is 12.1 Å². The molecule has 0 radical (unpaired) electrons. The van der Waals surface area contributed by atoms with E-state index in [9.17, 15) is 29.1 Å². The maximum absolute atomic E-state index is 12.1. The van der Waals surface area contributed by atoms with E-state index >= 15 is 0 Å². The summed E-state index contributed by atoms with van der Waals surface area (Å²) in [5.74, 6) is -4.61. The number of rotatable bonds is 11. The van der Waals surface area contributed by atoms with Gasteiger partial charge in [0.1, 0.15) is 26.4 Å². The molecule has 0 saturated carbocycles. The minimum absolute atomic E-state index is 0.129. The van der Waals surface area contributed by atoms with Gasteiger partial charge < -0.3 is 24.1 Å². The van der Waals surface area contributed by atoms with Crippen LogP contribution in [0.1, 0.15) is 44.9 Å². The molecule has 1 N–H and O–H groups in total. The highest BCUT2D eigenvalue weighted by molar-refractivity contribution is 6.04. The van der Waals surface area contributed by atoms with Gasteiger partial charge in [0.2, 0.25) is 0 Å². The van der Waals surface area contributed by atoms with Crippen LogP contribution in [0.5, 0.6) is 0 Å². The van der Waals surface area contributed by atoms with Crippen molar-refractivity contribution in [2.45, 2.75) is 13.8 Å². The van der Waals surface area contributed by atoms with Gasteiger partial charge in [-0.15, -0.1) is 0 Å². The fourth-order valence-electron chi connectivity index (χ4n) is 1.97. The van der Waals surface area contributed by atoms with Crippen molar-refractivity contribution in [1.29, 1.82) is 0 Å². The van der Waals surface area contributed by atoms with Gasteiger partial charge in [-0.1, -0.05) is 13.2 Å². The smallest absolute Gasteiger partial charge is 0.339 e. The molecule has 1 aromatic rings. The average molecular weight is 434 g/mol. The van der Waals surface area contributed by atoms with Crippen LogP contribution in [0.15, 0.2) is 42.5 Å². The van der Waals surface area contributed by atoms with Crippen molar-refractivity contribution in [3.8, 4) is 0 Å². The highest BCUT2D eigenvalue weighted by atomic mass is 16.6. The van der Waals surface area contributed by atoms with Gasteiger partial charge in [-0.2, -0.15) is 0 Å². The summed E-state index contributed by atoms with van der Waals surface area (Å²) in [6, 6.07) is 3.25. The van der Waals surface area contributed by atoms with E-state index < -0.39 is 35.4 Å². The number of esters is 4. The van der Waals surface area contributed by atoms with E-state index in [2.05, 4.69) is 13.2 Å². The Morgan fingerprint density at radius 1 is 0.742 bits per heavy atom. The minimum atomic E-state index is -1.47. The van der Waals surface area contributed by atoms with Crippen LogP contribution >= 0.6 is 0 Å². The van der Waals surface area contributed by atoms with Gasteiger partial charge >= 0.3 is 29.8 Å². The van der Waals surface area contributed by atoms with E-state index in [0.29, 0.717) is 0 Å². The number of carbonyl (C=O) groups is 5. The van der Waals surface area contributed by atoms with E-state index in [4.69, 9.17) is 18.9 Å². The van der Waals surface area contributed by atoms with Gasteiger partial charge in [-0.25, -0.2) is 24.0 Å². The summed E-state index contributed by atoms with van der Waals surface area (Å²) < 4.78 is 19.3. The lowest BCUT2D eigenvalue weighted by molar-refractivity contribution is -0.140. The average Bonchev–Trinajstić information content (AvgIpc) is 2.72. The molecule has 0 bridgehead atoms. The molecule has 0 atom stereocenters. The molecule has 0 fully saturated rings. The summed E-state index contributed by atoms with van der Waals surface area (Å²) >= 11 is 0. The van der Waals surface area contributed by atoms with Crippen molar-refractivity contribution in [2.75, 3.05) is 26.4 Å². The third-order valence-corrected chi connectivity index (χ3v) is 3.50. The Labute approximate surface area is 178 Å². The Morgan fingerprint density at radius 2 is 1.19 bits per heavy atom. The SMILES string of the molecule is C=C(C)C(=O)OCCOC(=O)c1ccc(C(=O)OCCOC(=O)C(=C)C)c(C(=O)O)c1. The Balaban J connectivity index is 2.71. The van der Waals surface area contributed by atoms with Gasteiger partial charge in [0.05, 0.1) is 16.7 Å². The zero-order valence-corrected chi connectivity index (χ0v) is 17.1. The molecule has 31 heavy (non-hydrogen) atoms. The Hall–Kier alpha value is -3.95. The molecular formula is C21H22O10. The van der Waals surface area contributed by atoms with Gasteiger partial charge in [0.25, 0.3) is 0 Å². The van der Waals surface area contributed by atoms with E-state index in [1.807, 2.05) is 0 Å². The second kappa shape index (κ2) is 11.9. The summed E-state index contributed by atoms with van der Waals surface area (Å²) in [6.07, 6.45) is 0. The van der Waals surface area contributed by atoms with Crippen LogP contribution < -0.4 is 0 Å². The first-order valence-corrected chi connectivity index (χ1v) is 8.91. The molecule has 0 heterocycles. The number of aromatic carboxylic acids is 1. The number of hydrogen-bond donors (Lipinski definition) is 1. The van der Waals surface area contributed by atoms with Crippen LogP contribution in [0.2, 0.25) is 0 Å². The number of carbonyl (C=O) groups excluding carboxylic acids is 4. The Kier molecular flexibility index (Phi) is 9.64. The van der Waals surface area contributed by atoms with Crippen molar-refractivity contribution < 1.29 is 48.0 Å². The molecule has 0 aromatic heterocycles. The Bertz CT molecular complexity index is 913. The molecule has 0 amide bonds. The van der Waals surface area contributed by atoms with Gasteiger partial charge in [-0.3, -0.25) is 0 Å². The van der Waals surface area contributed by atoms with Crippen LogP contribution in [0, 0.1) is 0 Å². The van der Waals surface area contributed by atoms with Crippen LogP contribution in [0.25, 0.3) is 0 Å². The van der Waals surface area contributed by atoms with Crippen LogP contribution in [-0.2, 0) is 28.5 Å². The molecule has 0 aliphatic carbocycles. The Morgan fingerprint density at radius 3 is 1.65 bits per heavy atom. The number of benzene rings is 1. The normalized spacial score (nSPS) is 9.87. The van der Waals surface area contributed by atoms with E-state index in [-0.39, 0.29) is 48.7 Å². The molecule has 1 rings (SSSR count). The predicted octanol–water partition coefficient (Wildman–Crippen LogP) is 1.94. The molecule has 1 aromatic carbocycles. The molecule has 0 aliphatic rings. The minimum Gasteiger partial charge on any atom is -0.478 e. The second-order valence-corrected chi connectivity index (χ2v) is 6.17. The molecule has 0 aliphatic heterocycles. The lowest BCUT2D eigenvalue weighted by Gasteiger charge is -2.10. The fraction of sp³-hybridized carbons (Fsp3) is 0.286. The quantitative estimate of drug-likeness (QED) is 0.237. The van der Waals surface area contributed by atoms with Crippen molar-refractivity contribution in [2.24, 2.45) is 0 Å². The zero-order valence-electron chi connectivity index (χ0n) is 17.1. The maximum atomic E-state index is 12.1. The van der Waals surface area contributed by atoms with Crippen molar-refractivity contribution in [3.63, 3.8) is 0 Å². The topological polar surface area (TPSA) is 142 Å². The van der Waals surface area contributed by atoms with Gasteiger partial charge in [0.15, 0.2) is 0 Å². The largest absolute Gasteiger partial charge is 0.478 e. The fourth-order valence-corrected chi connectivity index (χ4v) is 1.97. The first-order chi connectivity index (χ1) is 14.5. The number of hydrogen-bond acceptors (Lipinski definition) is 9. The third kappa shape index (κ3) is 8.13. The predicted molar refractivity (Wildman–Crippen MR) is 106 cm³/mol. The molecule has 0 spiro atoms. The number of ether oxygens (including phenoxy) is 4. The summed E-state index contributed by atoms with van der Waals surface area (Å²) in [7, 11) is 0. The lowest BCUT2D eigenvalue weighted by atomic mass is 10.0. The molecule has 10 nitrogen and oxygen atoms in total. The van der Waals surface area contributed by atoms with Crippen LogP contribution in [-0.4, -0.2) is 61.4 Å². The van der Waals surface area contributed by atoms with E-state index in [1.54, 1.807) is 0 Å². The van der Waals surface area contributed by atoms with Crippen molar-refractivity contribution >= 4 is 29.8 Å². The monoisotopic (exact) mass is 434 g/mol. The van der Waals surface area contributed by atoms with Crippen LogP contribution in [0.4, 0.5) is 0 Å². The van der Waals surface area contributed by atoms with Gasteiger partial charge in [0, 0.05) is 11.1 Å². The number of carboxylic acids is 1. The molecule has 166 valence electrons. The van der Waals surface area contributed by atoms with Crippen LogP contribution in [0.3, 0.4) is 0 Å². The molecule has 10 heteroatoms. The highest BCUT2D eigenvalue weighted by Gasteiger charge is 2.21. The van der Waals surface area contributed by atoms with Crippen molar-refractivity contribution in [1.82, 2.24) is 0 Å². The lowest BCUT2D eigenvalue weighted by Crippen LogP contribution is -2.18. The van der Waals surface area contributed by atoms with E-state index in [1.165, 1.54) is 19.9 Å².